The molecule has 0 aromatic heterocycles. The third-order valence-electron chi connectivity index (χ3n) is 4.28. The van der Waals surface area contributed by atoms with Crippen molar-refractivity contribution in [1.29, 1.82) is 0 Å². The van der Waals surface area contributed by atoms with Crippen molar-refractivity contribution in [3.8, 4) is 5.75 Å². The molecule has 1 aromatic carbocycles. The number of rotatable bonds is 7. The first kappa shape index (κ1) is 23.4. The quantitative estimate of drug-likeness (QED) is 0.251. The predicted molar refractivity (Wildman–Crippen MR) is 134 cm³/mol. The third kappa shape index (κ3) is 5.46. The van der Waals surface area contributed by atoms with Gasteiger partial charge in [0.15, 0.2) is 0 Å². The molecule has 2 N–H and O–H groups in total. The molecule has 0 aliphatic rings. The Labute approximate surface area is 198 Å². The van der Waals surface area contributed by atoms with Gasteiger partial charge in [-0.15, -0.1) is 0 Å². The Morgan fingerprint density at radius 3 is 1.67 bits per heavy atom. The van der Waals surface area contributed by atoms with Gasteiger partial charge in [-0.25, -0.2) is 0 Å². The van der Waals surface area contributed by atoms with Gasteiger partial charge in [0.2, 0.25) is 0 Å². The number of carboxylic acid groups (broad SMARTS) is 1. The molecule has 1 aromatic rings. The minimum atomic E-state index is -0.800. The number of hydrogen-bond acceptors (Lipinski definition) is 2. The van der Waals surface area contributed by atoms with E-state index < -0.39 is 5.97 Å². The lowest BCUT2D eigenvalue weighted by Gasteiger charge is -2.34. The SMILES string of the molecule is CC(C)(c1cc(CCC(=O)O)cc(C(C)(C)C(I)I)c1O)C(I)I. The van der Waals surface area contributed by atoms with Gasteiger partial charge in [-0.3, -0.25) is 4.79 Å². The molecule has 0 bridgehead atoms. The van der Waals surface area contributed by atoms with E-state index in [9.17, 15) is 9.90 Å². The van der Waals surface area contributed by atoms with Crippen molar-refractivity contribution in [2.45, 2.75) is 55.2 Å². The first-order chi connectivity index (χ1) is 10.8. The Hall–Kier alpha value is 1.41. The minimum absolute atomic E-state index is 0.0975. The van der Waals surface area contributed by atoms with Crippen LogP contribution >= 0.6 is 90.4 Å². The molecule has 0 aliphatic heterocycles. The minimum Gasteiger partial charge on any atom is -0.507 e. The zero-order chi connectivity index (χ0) is 18.9. The molecule has 0 heterocycles. The summed E-state index contributed by atoms with van der Waals surface area (Å²) < 4.78 is 0.582. The van der Waals surface area contributed by atoms with Crippen molar-refractivity contribution in [1.82, 2.24) is 0 Å². The fourth-order valence-electron chi connectivity index (χ4n) is 2.31. The topological polar surface area (TPSA) is 57.5 Å². The molecule has 0 amide bonds. The molecule has 3 nitrogen and oxygen atoms in total. The van der Waals surface area contributed by atoms with Crippen molar-refractivity contribution in [3.63, 3.8) is 0 Å². The van der Waals surface area contributed by atoms with Crippen LogP contribution in [0.3, 0.4) is 0 Å². The number of aromatic hydroxyl groups is 1. The van der Waals surface area contributed by atoms with Gasteiger partial charge in [-0.2, -0.15) is 0 Å². The smallest absolute Gasteiger partial charge is 0.303 e. The van der Waals surface area contributed by atoms with Gasteiger partial charge >= 0.3 is 5.97 Å². The number of aryl methyl sites for hydroxylation is 1. The summed E-state index contributed by atoms with van der Waals surface area (Å²) in [6.07, 6.45) is 0.572. The maximum absolute atomic E-state index is 11.0. The highest BCUT2D eigenvalue weighted by atomic mass is 127. The molecule has 0 saturated carbocycles. The van der Waals surface area contributed by atoms with E-state index in [1.807, 2.05) is 12.1 Å². The highest BCUT2D eigenvalue weighted by Crippen LogP contribution is 2.47. The molecule has 0 atom stereocenters. The Morgan fingerprint density at radius 1 is 1.00 bits per heavy atom. The lowest BCUT2D eigenvalue weighted by molar-refractivity contribution is -0.136. The van der Waals surface area contributed by atoms with Gasteiger partial charge in [-0.1, -0.05) is 130 Å². The second-order valence-corrected chi connectivity index (χ2v) is 16.7. The van der Waals surface area contributed by atoms with Crippen LogP contribution in [0, 0.1) is 0 Å². The lowest BCUT2D eigenvalue weighted by Crippen LogP contribution is -2.29. The van der Waals surface area contributed by atoms with E-state index in [0.717, 1.165) is 16.7 Å². The first-order valence-corrected chi connectivity index (χ1v) is 12.4. The maximum atomic E-state index is 11.0. The Bertz CT molecular complexity index is 569. The number of carboxylic acids is 1. The third-order valence-corrected chi connectivity index (χ3v) is 10.5. The van der Waals surface area contributed by atoms with Crippen molar-refractivity contribution in [3.05, 3.63) is 28.8 Å². The average Bonchev–Trinajstić information content (AvgIpc) is 2.45. The fourth-order valence-corrected chi connectivity index (χ4v) is 3.65. The number of phenols is 1. The Balaban J connectivity index is 3.59. The summed E-state index contributed by atoms with van der Waals surface area (Å²) in [5, 5.41) is 20.0. The predicted octanol–water partition coefficient (Wildman–Crippen LogP) is 6.36. The van der Waals surface area contributed by atoms with Crippen LogP contribution in [0.4, 0.5) is 0 Å². The summed E-state index contributed by atoms with van der Waals surface area (Å²) in [5.74, 6) is -0.452. The van der Waals surface area contributed by atoms with Gasteiger partial charge < -0.3 is 10.2 Å². The molecule has 0 spiro atoms. The monoisotopic (exact) mass is 782 g/mol. The molecule has 7 heteroatoms. The summed E-state index contributed by atoms with van der Waals surface area (Å²) >= 11 is 9.49. The molecule has 24 heavy (non-hydrogen) atoms. The number of phenolic OH excluding ortho intramolecular Hbond substituents is 1. The number of halogens is 4. The molecule has 1 rings (SSSR count). The van der Waals surface area contributed by atoms with Crippen molar-refractivity contribution < 1.29 is 15.0 Å². The zero-order valence-electron chi connectivity index (χ0n) is 14.0. The zero-order valence-corrected chi connectivity index (χ0v) is 22.7. The summed E-state index contributed by atoms with van der Waals surface area (Å²) in [7, 11) is 0. The van der Waals surface area contributed by atoms with Crippen molar-refractivity contribution >= 4 is 96.3 Å². The molecule has 136 valence electrons. The number of hydrogen-bond donors (Lipinski definition) is 2. The molecular weight excluding hydrogens is 760 g/mol. The van der Waals surface area contributed by atoms with Crippen LogP contribution in [0.2, 0.25) is 0 Å². The number of aliphatic carboxylic acids is 1. The highest BCUT2D eigenvalue weighted by molar-refractivity contribution is 14.2. The lowest BCUT2D eigenvalue weighted by atomic mass is 9.78. The van der Waals surface area contributed by atoms with Crippen LogP contribution in [0.25, 0.3) is 0 Å². The summed E-state index contributed by atoms with van der Waals surface area (Å²) in [6.45, 7) is 8.48. The number of alkyl halides is 4. The van der Waals surface area contributed by atoms with E-state index in [-0.39, 0.29) is 17.3 Å². The molecule has 0 unspecified atom stereocenters. The van der Waals surface area contributed by atoms with E-state index >= 15 is 0 Å². The van der Waals surface area contributed by atoms with Crippen LogP contribution in [0.1, 0.15) is 50.8 Å². The van der Waals surface area contributed by atoms with Crippen molar-refractivity contribution in [2.75, 3.05) is 0 Å². The standard InChI is InChI=1S/C17H22I4O3/c1-16(2,14(18)19)10-7-9(5-6-12(22)23)8-11(13(10)24)17(3,4)15(20)21/h7-8,14-15,24H,5-6H2,1-4H3,(H,22,23). The van der Waals surface area contributed by atoms with E-state index in [0.29, 0.717) is 16.0 Å². The van der Waals surface area contributed by atoms with E-state index in [2.05, 4.69) is 118 Å². The summed E-state index contributed by atoms with van der Waals surface area (Å²) in [4.78, 5) is 11.0. The molecular formula is C17H22I4O3. The summed E-state index contributed by atoms with van der Waals surface area (Å²) in [5.41, 5.74) is 2.33. The van der Waals surface area contributed by atoms with Crippen LogP contribution in [0.15, 0.2) is 12.1 Å². The Morgan fingerprint density at radius 2 is 1.38 bits per heavy atom. The van der Waals surface area contributed by atoms with Gasteiger partial charge in [-0.05, 0) is 12.0 Å². The maximum Gasteiger partial charge on any atom is 0.303 e. The largest absolute Gasteiger partial charge is 0.507 e. The van der Waals surface area contributed by atoms with E-state index in [4.69, 9.17) is 5.11 Å². The van der Waals surface area contributed by atoms with Gasteiger partial charge in [0.1, 0.15) is 5.75 Å². The first-order valence-electron chi connectivity index (χ1n) is 7.46. The molecule has 0 fully saturated rings. The second kappa shape index (κ2) is 9.07. The normalized spacial score (nSPS) is 12.9. The van der Waals surface area contributed by atoms with Gasteiger partial charge in [0.05, 0.1) is 3.86 Å². The van der Waals surface area contributed by atoms with Crippen LogP contribution in [-0.4, -0.2) is 20.0 Å². The van der Waals surface area contributed by atoms with Gasteiger partial charge in [0, 0.05) is 28.4 Å². The Kier molecular flexibility index (Phi) is 8.86. The van der Waals surface area contributed by atoms with Gasteiger partial charge in [0.25, 0.3) is 0 Å². The molecule has 0 aliphatic carbocycles. The number of carbonyl (C=O) groups is 1. The molecule has 0 radical (unpaired) electrons. The van der Waals surface area contributed by atoms with E-state index in [1.54, 1.807) is 0 Å². The van der Waals surface area contributed by atoms with Crippen LogP contribution in [-0.2, 0) is 22.0 Å². The van der Waals surface area contributed by atoms with Crippen LogP contribution in [0.5, 0.6) is 5.75 Å². The second-order valence-electron chi connectivity index (χ2n) is 6.98. The van der Waals surface area contributed by atoms with E-state index in [1.165, 1.54) is 0 Å². The van der Waals surface area contributed by atoms with Crippen molar-refractivity contribution in [2.24, 2.45) is 0 Å². The molecule has 0 saturated heterocycles. The average molecular weight is 782 g/mol. The fraction of sp³-hybridized carbons (Fsp3) is 0.588. The number of benzene rings is 1. The summed E-state index contributed by atoms with van der Waals surface area (Å²) in [6, 6.07) is 3.97. The van der Waals surface area contributed by atoms with Crippen LogP contribution < -0.4 is 0 Å². The highest BCUT2D eigenvalue weighted by Gasteiger charge is 2.36.